The Morgan fingerprint density at radius 3 is 2.40 bits per heavy atom. The van der Waals surface area contributed by atoms with E-state index in [1.807, 2.05) is 0 Å². The lowest BCUT2D eigenvalue weighted by atomic mass is 9.87. The topological polar surface area (TPSA) is 0 Å². The highest BCUT2D eigenvalue weighted by Crippen LogP contribution is 2.48. The molecular weight excluding hydrogens is 248 g/mol. The first-order valence-electron chi connectivity index (χ1n) is 5.70. The molecule has 3 rings (SSSR count). The molecule has 2 aliphatic carbocycles. The van der Waals surface area contributed by atoms with Crippen LogP contribution >= 0.6 is 15.9 Å². The van der Waals surface area contributed by atoms with E-state index in [0.717, 1.165) is 23.1 Å². The number of benzene rings is 1. The van der Waals surface area contributed by atoms with Crippen molar-refractivity contribution in [3.8, 4) is 0 Å². The molecule has 0 heterocycles. The molecule has 0 N–H and O–H groups in total. The van der Waals surface area contributed by atoms with Crippen LogP contribution in [0.3, 0.4) is 0 Å². The van der Waals surface area contributed by atoms with Gasteiger partial charge in [0.1, 0.15) is 0 Å². The van der Waals surface area contributed by atoms with Gasteiger partial charge in [-0.1, -0.05) is 52.3 Å². The Morgan fingerprint density at radius 1 is 1.07 bits per heavy atom. The number of alkyl halides is 1. The first-order valence-corrected chi connectivity index (χ1v) is 6.82. The maximum absolute atomic E-state index is 3.49. The molecule has 1 fully saturated rings. The molecule has 3 unspecified atom stereocenters. The molecule has 1 aromatic carbocycles. The van der Waals surface area contributed by atoms with Gasteiger partial charge in [-0.05, 0) is 41.7 Å². The van der Waals surface area contributed by atoms with Gasteiger partial charge in [0.15, 0.2) is 0 Å². The van der Waals surface area contributed by atoms with E-state index in [9.17, 15) is 0 Å². The summed E-state index contributed by atoms with van der Waals surface area (Å²) in [4.78, 5) is 0. The summed E-state index contributed by atoms with van der Waals surface area (Å²) in [5.41, 5.74) is 2.91. The van der Waals surface area contributed by atoms with Gasteiger partial charge in [0, 0.05) is 5.33 Å². The fourth-order valence-corrected chi connectivity index (χ4v) is 3.39. The number of halogens is 1. The second kappa shape index (κ2) is 3.79. The molecule has 78 valence electrons. The van der Waals surface area contributed by atoms with E-state index in [1.165, 1.54) is 24.0 Å². The van der Waals surface area contributed by atoms with Crippen LogP contribution in [0.25, 0.3) is 0 Å². The zero-order chi connectivity index (χ0) is 10.3. The number of rotatable bonds is 2. The van der Waals surface area contributed by atoms with Gasteiger partial charge < -0.3 is 0 Å². The minimum atomic E-state index is 0.796. The van der Waals surface area contributed by atoms with Gasteiger partial charge in [-0.3, -0.25) is 0 Å². The van der Waals surface area contributed by atoms with Crippen LogP contribution in [0.5, 0.6) is 0 Å². The van der Waals surface area contributed by atoms with Crippen LogP contribution in [-0.4, -0.2) is 0 Å². The average Bonchev–Trinajstić information content (AvgIpc) is 2.91. The molecule has 2 bridgehead atoms. The highest BCUT2D eigenvalue weighted by molar-refractivity contribution is 9.08. The van der Waals surface area contributed by atoms with Crippen molar-refractivity contribution in [1.29, 1.82) is 0 Å². The Balaban J connectivity index is 1.84. The molecule has 3 atom stereocenters. The van der Waals surface area contributed by atoms with Gasteiger partial charge in [0.25, 0.3) is 0 Å². The fraction of sp³-hybridized carbons (Fsp3) is 0.429. The zero-order valence-electron chi connectivity index (χ0n) is 8.70. The highest BCUT2D eigenvalue weighted by Gasteiger charge is 2.36. The second-order valence-electron chi connectivity index (χ2n) is 4.76. The van der Waals surface area contributed by atoms with Crippen LogP contribution in [0.4, 0.5) is 0 Å². The van der Waals surface area contributed by atoms with Gasteiger partial charge in [-0.2, -0.15) is 0 Å². The maximum atomic E-state index is 3.49. The smallest absolute Gasteiger partial charge is 0.0283 e. The molecular formula is C14H15Br. The first kappa shape index (κ1) is 9.65. The predicted octanol–water partition coefficient (Wildman–Crippen LogP) is 4.26. The minimum absolute atomic E-state index is 0.796. The van der Waals surface area contributed by atoms with E-state index in [1.54, 1.807) is 0 Å². The number of hydrogen-bond donors (Lipinski definition) is 0. The van der Waals surface area contributed by atoms with E-state index in [-0.39, 0.29) is 0 Å². The molecule has 1 saturated carbocycles. The van der Waals surface area contributed by atoms with Crippen molar-refractivity contribution in [1.82, 2.24) is 0 Å². The molecule has 0 aliphatic heterocycles. The predicted molar refractivity (Wildman–Crippen MR) is 67.2 cm³/mol. The molecule has 0 nitrogen and oxygen atoms in total. The third kappa shape index (κ3) is 1.67. The first-order chi connectivity index (χ1) is 7.36. The van der Waals surface area contributed by atoms with Crippen LogP contribution in [0.1, 0.15) is 29.9 Å². The molecule has 0 radical (unpaired) electrons. The number of allylic oxidation sites excluding steroid dienone is 2. The molecule has 2 aliphatic rings. The third-order valence-electron chi connectivity index (χ3n) is 3.84. The van der Waals surface area contributed by atoms with Crippen LogP contribution < -0.4 is 0 Å². The molecule has 0 saturated heterocycles. The normalized spacial score (nSPS) is 32.5. The highest BCUT2D eigenvalue weighted by atomic mass is 79.9. The maximum Gasteiger partial charge on any atom is 0.0283 e. The van der Waals surface area contributed by atoms with Crippen molar-refractivity contribution in [3.63, 3.8) is 0 Å². The molecule has 0 spiro atoms. The number of fused-ring (bicyclic) bond motifs is 2. The van der Waals surface area contributed by atoms with E-state index < -0.39 is 0 Å². The summed E-state index contributed by atoms with van der Waals surface area (Å²) in [6, 6.07) is 9.13. The Morgan fingerprint density at radius 2 is 1.87 bits per heavy atom. The van der Waals surface area contributed by atoms with Crippen LogP contribution in [-0.2, 0) is 5.33 Å². The van der Waals surface area contributed by atoms with Crippen molar-refractivity contribution in [2.75, 3.05) is 0 Å². The van der Waals surface area contributed by atoms with E-state index in [4.69, 9.17) is 0 Å². The van der Waals surface area contributed by atoms with Crippen molar-refractivity contribution >= 4 is 15.9 Å². The largest absolute Gasteiger partial charge is 0.0876 e. The summed E-state index contributed by atoms with van der Waals surface area (Å²) in [6.07, 6.45) is 7.60. The molecule has 15 heavy (non-hydrogen) atoms. The third-order valence-corrected chi connectivity index (χ3v) is 4.49. The summed E-state index contributed by atoms with van der Waals surface area (Å²) in [7, 11) is 0. The molecule has 0 amide bonds. The molecule has 1 heteroatoms. The molecule has 0 aromatic heterocycles. The average molecular weight is 263 g/mol. The van der Waals surface area contributed by atoms with Gasteiger partial charge in [0.2, 0.25) is 0 Å². The zero-order valence-corrected chi connectivity index (χ0v) is 10.3. The van der Waals surface area contributed by atoms with E-state index >= 15 is 0 Å². The lowest BCUT2D eigenvalue weighted by molar-refractivity contribution is 0.585. The Labute approximate surface area is 99.5 Å². The van der Waals surface area contributed by atoms with Crippen molar-refractivity contribution < 1.29 is 0 Å². The van der Waals surface area contributed by atoms with Crippen molar-refractivity contribution in [3.05, 3.63) is 47.5 Å². The van der Waals surface area contributed by atoms with Gasteiger partial charge >= 0.3 is 0 Å². The van der Waals surface area contributed by atoms with Crippen LogP contribution in [0.15, 0.2) is 36.4 Å². The SMILES string of the molecule is BrCc1ccc(C2CC3C=CC2C3)cc1. The fourth-order valence-electron chi connectivity index (χ4n) is 3.02. The van der Waals surface area contributed by atoms with Crippen LogP contribution in [0.2, 0.25) is 0 Å². The van der Waals surface area contributed by atoms with Gasteiger partial charge in [-0.25, -0.2) is 0 Å². The summed E-state index contributed by atoms with van der Waals surface area (Å²) < 4.78 is 0. The quantitative estimate of drug-likeness (QED) is 0.552. The Kier molecular flexibility index (Phi) is 2.44. The van der Waals surface area contributed by atoms with Gasteiger partial charge in [-0.15, -0.1) is 0 Å². The lowest BCUT2D eigenvalue weighted by Crippen LogP contribution is -2.04. The van der Waals surface area contributed by atoms with Crippen molar-refractivity contribution in [2.45, 2.75) is 24.1 Å². The number of hydrogen-bond acceptors (Lipinski definition) is 0. The van der Waals surface area contributed by atoms with Gasteiger partial charge in [0.05, 0.1) is 0 Å². The van der Waals surface area contributed by atoms with E-state index in [2.05, 4.69) is 52.3 Å². The second-order valence-corrected chi connectivity index (χ2v) is 5.32. The standard InChI is InChI=1S/C14H15Br/c15-9-10-1-4-12(5-2-10)14-8-11-3-6-13(14)7-11/h1-6,11,13-14H,7-9H2. The van der Waals surface area contributed by atoms with E-state index in [0.29, 0.717) is 0 Å². The Hall–Kier alpha value is -0.560. The summed E-state index contributed by atoms with van der Waals surface area (Å²) in [5.74, 6) is 2.49. The van der Waals surface area contributed by atoms with Crippen LogP contribution in [0, 0.1) is 11.8 Å². The lowest BCUT2D eigenvalue weighted by Gasteiger charge is -2.18. The van der Waals surface area contributed by atoms with Crippen molar-refractivity contribution in [2.24, 2.45) is 11.8 Å². The minimum Gasteiger partial charge on any atom is -0.0876 e. The summed E-state index contributed by atoms with van der Waals surface area (Å²) >= 11 is 3.49. The summed E-state index contributed by atoms with van der Waals surface area (Å²) in [5, 5.41) is 0.962. The Bertz CT molecular complexity index is 377. The summed E-state index contributed by atoms with van der Waals surface area (Å²) in [6.45, 7) is 0. The molecule has 1 aromatic rings. The monoisotopic (exact) mass is 262 g/mol.